The average Bonchev–Trinajstić information content (AvgIpc) is 2.71. The standard InChI is InChI=1S/C26H42O2/c1-2-3-4-5-6-7-8-9-10-11-12-13-14-15-16-17-21-24-26(27)28-25-22-19-18-20-23-25/h16-20,22-23H,2-15,21,24H2,1H3. The molecule has 0 spiro atoms. The first kappa shape index (κ1) is 24.5. The third-order valence-corrected chi connectivity index (χ3v) is 5.13. The van der Waals surface area contributed by atoms with E-state index in [1.165, 1.54) is 83.5 Å². The zero-order valence-electron chi connectivity index (χ0n) is 18.2. The summed E-state index contributed by atoms with van der Waals surface area (Å²) in [6.07, 6.45) is 24.8. The second-order valence-corrected chi connectivity index (χ2v) is 7.83. The molecule has 0 fully saturated rings. The number of hydrogen-bond donors (Lipinski definition) is 0. The molecule has 0 bridgehead atoms. The minimum atomic E-state index is -0.156. The molecule has 0 aliphatic heterocycles. The molecule has 0 saturated heterocycles. The number of hydrogen-bond acceptors (Lipinski definition) is 2. The Bertz CT molecular complexity index is 492. The van der Waals surface area contributed by atoms with Crippen LogP contribution < -0.4 is 4.74 Å². The van der Waals surface area contributed by atoms with Crippen molar-refractivity contribution >= 4 is 5.97 Å². The lowest BCUT2D eigenvalue weighted by atomic mass is 10.0. The minimum Gasteiger partial charge on any atom is -0.427 e. The van der Waals surface area contributed by atoms with Crippen LogP contribution >= 0.6 is 0 Å². The molecule has 0 aliphatic rings. The van der Waals surface area contributed by atoms with Crippen molar-refractivity contribution in [2.75, 3.05) is 0 Å². The summed E-state index contributed by atoms with van der Waals surface area (Å²) in [5.41, 5.74) is 0. The number of benzene rings is 1. The highest BCUT2D eigenvalue weighted by Crippen LogP contribution is 2.13. The Labute approximate surface area is 173 Å². The Morgan fingerprint density at radius 1 is 0.714 bits per heavy atom. The molecule has 0 N–H and O–H groups in total. The Morgan fingerprint density at radius 2 is 1.21 bits per heavy atom. The van der Waals surface area contributed by atoms with Crippen molar-refractivity contribution < 1.29 is 9.53 Å². The molecule has 0 radical (unpaired) electrons. The van der Waals surface area contributed by atoms with Crippen molar-refractivity contribution in [3.05, 3.63) is 42.5 Å². The van der Waals surface area contributed by atoms with Crippen LogP contribution in [0.25, 0.3) is 0 Å². The van der Waals surface area contributed by atoms with Crippen LogP contribution in [0.2, 0.25) is 0 Å². The van der Waals surface area contributed by atoms with Gasteiger partial charge >= 0.3 is 5.97 Å². The van der Waals surface area contributed by atoms with Gasteiger partial charge in [0.1, 0.15) is 5.75 Å². The Balaban J connectivity index is 1.80. The Morgan fingerprint density at radius 3 is 1.79 bits per heavy atom. The van der Waals surface area contributed by atoms with Crippen molar-refractivity contribution in [3.8, 4) is 5.75 Å². The molecule has 28 heavy (non-hydrogen) atoms. The van der Waals surface area contributed by atoms with Gasteiger partial charge in [0, 0.05) is 6.42 Å². The quantitative estimate of drug-likeness (QED) is 0.109. The normalized spacial score (nSPS) is 11.2. The minimum absolute atomic E-state index is 0.156. The van der Waals surface area contributed by atoms with Crippen molar-refractivity contribution in [3.63, 3.8) is 0 Å². The van der Waals surface area contributed by atoms with E-state index < -0.39 is 0 Å². The van der Waals surface area contributed by atoms with Crippen LogP contribution in [-0.4, -0.2) is 5.97 Å². The first-order chi connectivity index (χ1) is 13.8. The molecule has 0 aliphatic carbocycles. The predicted molar refractivity (Wildman–Crippen MR) is 121 cm³/mol. The molecular weight excluding hydrogens is 344 g/mol. The van der Waals surface area contributed by atoms with E-state index in [4.69, 9.17) is 4.74 Å². The molecule has 1 aromatic carbocycles. The lowest BCUT2D eigenvalue weighted by molar-refractivity contribution is -0.134. The van der Waals surface area contributed by atoms with Gasteiger partial charge in [0.25, 0.3) is 0 Å². The maximum atomic E-state index is 11.7. The van der Waals surface area contributed by atoms with Crippen LogP contribution in [0.4, 0.5) is 0 Å². The van der Waals surface area contributed by atoms with Gasteiger partial charge in [-0.2, -0.15) is 0 Å². The smallest absolute Gasteiger partial charge is 0.311 e. The molecule has 2 heteroatoms. The number of unbranched alkanes of at least 4 members (excludes halogenated alkanes) is 13. The van der Waals surface area contributed by atoms with Crippen LogP contribution in [-0.2, 0) is 4.79 Å². The molecule has 0 unspecified atom stereocenters. The van der Waals surface area contributed by atoms with E-state index >= 15 is 0 Å². The molecule has 1 rings (SSSR count). The summed E-state index contributed by atoms with van der Waals surface area (Å²) in [6.45, 7) is 2.28. The van der Waals surface area contributed by atoms with E-state index in [2.05, 4.69) is 19.1 Å². The second kappa shape index (κ2) is 18.8. The largest absolute Gasteiger partial charge is 0.427 e. The lowest BCUT2D eigenvalue weighted by Crippen LogP contribution is -2.06. The molecule has 1 aromatic rings. The first-order valence-corrected chi connectivity index (χ1v) is 11.7. The lowest BCUT2D eigenvalue weighted by Gasteiger charge is -2.03. The van der Waals surface area contributed by atoms with E-state index in [-0.39, 0.29) is 5.97 Å². The summed E-state index contributed by atoms with van der Waals surface area (Å²) in [6, 6.07) is 9.28. The highest BCUT2D eigenvalue weighted by atomic mass is 16.5. The van der Waals surface area contributed by atoms with Gasteiger partial charge in [0.2, 0.25) is 0 Å². The van der Waals surface area contributed by atoms with E-state index in [1.807, 2.05) is 30.3 Å². The van der Waals surface area contributed by atoms with Gasteiger partial charge in [0.05, 0.1) is 0 Å². The number of ether oxygens (including phenoxy) is 1. The van der Waals surface area contributed by atoms with Crippen molar-refractivity contribution in [1.82, 2.24) is 0 Å². The summed E-state index contributed by atoms with van der Waals surface area (Å²) in [5.74, 6) is 0.472. The monoisotopic (exact) mass is 386 g/mol. The van der Waals surface area contributed by atoms with Gasteiger partial charge < -0.3 is 4.74 Å². The fraction of sp³-hybridized carbons (Fsp3) is 0.654. The summed E-state index contributed by atoms with van der Waals surface area (Å²) < 4.78 is 5.27. The summed E-state index contributed by atoms with van der Waals surface area (Å²) in [4.78, 5) is 11.7. The van der Waals surface area contributed by atoms with E-state index in [0.29, 0.717) is 12.2 Å². The Kier molecular flexibility index (Phi) is 16.4. The van der Waals surface area contributed by atoms with Crippen LogP contribution in [0.3, 0.4) is 0 Å². The fourth-order valence-corrected chi connectivity index (χ4v) is 3.39. The molecule has 0 aromatic heterocycles. The molecular formula is C26H42O2. The topological polar surface area (TPSA) is 26.3 Å². The highest BCUT2D eigenvalue weighted by Gasteiger charge is 2.02. The maximum Gasteiger partial charge on any atom is 0.311 e. The third kappa shape index (κ3) is 15.5. The predicted octanol–water partition coefficient (Wildman–Crippen LogP) is 8.41. The van der Waals surface area contributed by atoms with Gasteiger partial charge in [-0.25, -0.2) is 0 Å². The molecule has 0 saturated carbocycles. The van der Waals surface area contributed by atoms with Crippen LogP contribution in [0.5, 0.6) is 5.75 Å². The molecule has 0 atom stereocenters. The number of carbonyl (C=O) groups is 1. The number of allylic oxidation sites excluding steroid dienone is 2. The third-order valence-electron chi connectivity index (χ3n) is 5.13. The SMILES string of the molecule is CCCCCCCCCCCCCCCC=CCCC(=O)Oc1ccccc1. The number of rotatable bonds is 18. The van der Waals surface area contributed by atoms with Gasteiger partial charge in [-0.3, -0.25) is 4.79 Å². The molecule has 0 heterocycles. The van der Waals surface area contributed by atoms with E-state index in [9.17, 15) is 4.79 Å². The summed E-state index contributed by atoms with van der Waals surface area (Å²) in [7, 11) is 0. The summed E-state index contributed by atoms with van der Waals surface area (Å²) in [5, 5.41) is 0. The van der Waals surface area contributed by atoms with Crippen molar-refractivity contribution in [2.24, 2.45) is 0 Å². The van der Waals surface area contributed by atoms with Crippen LogP contribution in [0, 0.1) is 0 Å². The van der Waals surface area contributed by atoms with Crippen molar-refractivity contribution in [1.29, 1.82) is 0 Å². The first-order valence-electron chi connectivity index (χ1n) is 11.7. The number of esters is 1. The molecule has 2 nitrogen and oxygen atoms in total. The van der Waals surface area contributed by atoms with Gasteiger partial charge in [-0.1, -0.05) is 114 Å². The highest BCUT2D eigenvalue weighted by molar-refractivity contribution is 5.72. The van der Waals surface area contributed by atoms with E-state index in [0.717, 1.165) is 12.8 Å². The van der Waals surface area contributed by atoms with Gasteiger partial charge in [-0.15, -0.1) is 0 Å². The fourth-order valence-electron chi connectivity index (χ4n) is 3.39. The zero-order chi connectivity index (χ0) is 20.1. The summed E-state index contributed by atoms with van der Waals surface area (Å²) >= 11 is 0. The van der Waals surface area contributed by atoms with Crippen molar-refractivity contribution in [2.45, 2.75) is 110 Å². The second-order valence-electron chi connectivity index (χ2n) is 7.83. The molecule has 0 amide bonds. The van der Waals surface area contributed by atoms with Gasteiger partial charge in [-0.05, 0) is 31.4 Å². The zero-order valence-corrected chi connectivity index (χ0v) is 18.2. The van der Waals surface area contributed by atoms with Crippen LogP contribution in [0.15, 0.2) is 42.5 Å². The molecule has 158 valence electrons. The maximum absolute atomic E-state index is 11.7. The number of carbonyl (C=O) groups excluding carboxylic acids is 1. The average molecular weight is 387 g/mol. The van der Waals surface area contributed by atoms with Crippen LogP contribution in [0.1, 0.15) is 110 Å². The Hall–Kier alpha value is -1.57. The van der Waals surface area contributed by atoms with Gasteiger partial charge in [0.15, 0.2) is 0 Å². The number of para-hydroxylation sites is 1. The van der Waals surface area contributed by atoms with E-state index in [1.54, 1.807) is 0 Å².